The highest BCUT2D eigenvalue weighted by molar-refractivity contribution is 5.46. The highest BCUT2D eigenvalue weighted by Crippen LogP contribution is 2.53. The molecule has 1 spiro atoms. The quantitative estimate of drug-likeness (QED) is 0.581. The Balaban J connectivity index is 1.28. The molecular weight excluding hydrogens is 392 g/mol. The zero-order valence-electron chi connectivity index (χ0n) is 17.0. The molecule has 2 nitrogen and oxygen atoms in total. The Hall–Kier alpha value is -2.08. The van der Waals surface area contributed by atoms with Crippen LogP contribution in [0.25, 0.3) is 0 Å². The molecule has 1 unspecified atom stereocenters. The summed E-state index contributed by atoms with van der Waals surface area (Å²) in [6.45, 7) is 1.37. The molecule has 1 aliphatic heterocycles. The molecule has 4 rings (SSSR count). The van der Waals surface area contributed by atoms with Crippen LogP contribution in [0, 0.1) is 17.2 Å². The summed E-state index contributed by atoms with van der Waals surface area (Å²) in [5.41, 5.74) is 1.36. The Kier molecular flexibility index (Phi) is 6.05. The normalized spacial score (nSPS) is 20.9. The van der Waals surface area contributed by atoms with E-state index in [1.807, 2.05) is 6.07 Å². The summed E-state index contributed by atoms with van der Waals surface area (Å²) in [6, 6.07) is 13.7. The number of piperidine rings is 1. The summed E-state index contributed by atoms with van der Waals surface area (Å²) in [5.74, 6) is -3.79. The summed E-state index contributed by atoms with van der Waals surface area (Å²) < 4.78 is 53.4. The third kappa shape index (κ3) is 4.20. The summed E-state index contributed by atoms with van der Waals surface area (Å²) in [5, 5.41) is 3.32. The lowest BCUT2D eigenvalue weighted by atomic mass is 9.55. The van der Waals surface area contributed by atoms with E-state index in [1.165, 1.54) is 24.6 Å². The van der Waals surface area contributed by atoms with Gasteiger partial charge in [0.15, 0.2) is 6.67 Å². The van der Waals surface area contributed by atoms with Crippen LogP contribution in [0.3, 0.4) is 0 Å². The molecule has 30 heavy (non-hydrogen) atoms. The predicted octanol–water partition coefficient (Wildman–Crippen LogP) is 5.67. The van der Waals surface area contributed by atoms with Gasteiger partial charge in [0.25, 0.3) is 0 Å². The maximum Gasteiger partial charge on any atom is 0.301 e. The van der Waals surface area contributed by atoms with Crippen molar-refractivity contribution < 1.29 is 17.6 Å². The predicted molar refractivity (Wildman–Crippen MR) is 111 cm³/mol. The van der Waals surface area contributed by atoms with Crippen LogP contribution in [0.4, 0.5) is 23.2 Å². The Morgan fingerprint density at radius 1 is 1.03 bits per heavy atom. The molecule has 162 valence electrons. The number of anilines is 1. The summed E-state index contributed by atoms with van der Waals surface area (Å²) in [4.78, 5) is 2.44. The van der Waals surface area contributed by atoms with Gasteiger partial charge in [0.1, 0.15) is 5.82 Å². The van der Waals surface area contributed by atoms with Crippen LogP contribution in [0.1, 0.15) is 36.8 Å². The molecular formula is C24H28F4N2. The fraction of sp³-hybridized carbons (Fsp3) is 0.500. The van der Waals surface area contributed by atoms with Crippen LogP contribution in [-0.2, 0) is 12.5 Å². The highest BCUT2D eigenvalue weighted by atomic mass is 19.3. The summed E-state index contributed by atoms with van der Waals surface area (Å²) in [7, 11) is 0. The summed E-state index contributed by atoms with van der Waals surface area (Å²) in [6.07, 6.45) is 4.73. The Morgan fingerprint density at radius 2 is 1.77 bits per heavy atom. The van der Waals surface area contributed by atoms with E-state index in [0.717, 1.165) is 44.6 Å². The van der Waals surface area contributed by atoms with Crippen molar-refractivity contribution in [3.05, 3.63) is 65.5 Å². The Labute approximate surface area is 175 Å². The monoisotopic (exact) mass is 420 g/mol. The minimum absolute atomic E-state index is 0.288. The topological polar surface area (TPSA) is 15.3 Å². The number of benzene rings is 2. The van der Waals surface area contributed by atoms with Gasteiger partial charge in [-0.2, -0.15) is 8.78 Å². The summed E-state index contributed by atoms with van der Waals surface area (Å²) >= 11 is 0. The molecule has 2 aromatic rings. The molecule has 2 fully saturated rings. The minimum atomic E-state index is -3.64. The lowest BCUT2D eigenvalue weighted by molar-refractivity contribution is -0.0283. The highest BCUT2D eigenvalue weighted by Gasteiger charge is 2.47. The third-order valence-corrected chi connectivity index (χ3v) is 7.09. The second kappa shape index (κ2) is 8.58. The number of nitrogens with one attached hydrogen (secondary N) is 1. The Morgan fingerprint density at radius 3 is 2.37 bits per heavy atom. The molecule has 0 bridgehead atoms. The van der Waals surface area contributed by atoms with E-state index in [9.17, 15) is 17.6 Å². The maximum atomic E-state index is 14.2. The average molecular weight is 420 g/mol. The van der Waals surface area contributed by atoms with Crippen LogP contribution >= 0.6 is 0 Å². The average Bonchev–Trinajstić information content (AvgIpc) is 2.77. The number of halogens is 4. The fourth-order valence-corrected chi connectivity index (χ4v) is 4.96. The SMILES string of the molecule is FCC(F)(F)c1ccc(CNCC2CCC23CCN(c2ccccc2)CC3)c(F)c1. The number of rotatable bonds is 7. The van der Waals surface area contributed by atoms with Crippen molar-refractivity contribution in [2.45, 2.75) is 38.2 Å². The van der Waals surface area contributed by atoms with Crippen molar-refractivity contribution >= 4 is 5.69 Å². The lowest BCUT2D eigenvalue weighted by Crippen LogP contribution is -2.52. The van der Waals surface area contributed by atoms with Crippen LogP contribution in [0.5, 0.6) is 0 Å². The first-order valence-electron chi connectivity index (χ1n) is 10.7. The molecule has 0 amide bonds. The number of hydrogen-bond acceptors (Lipinski definition) is 2. The van der Waals surface area contributed by atoms with Crippen molar-refractivity contribution in [2.75, 3.05) is 31.2 Å². The van der Waals surface area contributed by atoms with Gasteiger partial charge in [-0.1, -0.05) is 30.3 Å². The zero-order valence-corrected chi connectivity index (χ0v) is 17.0. The van der Waals surface area contributed by atoms with Crippen LogP contribution in [0.2, 0.25) is 0 Å². The molecule has 2 aromatic carbocycles. The molecule has 2 aliphatic rings. The van der Waals surface area contributed by atoms with Crippen molar-refractivity contribution in [1.82, 2.24) is 5.32 Å². The molecule has 1 heterocycles. The van der Waals surface area contributed by atoms with Gasteiger partial charge in [-0.25, -0.2) is 8.78 Å². The third-order valence-electron chi connectivity index (χ3n) is 7.09. The van der Waals surface area contributed by atoms with Gasteiger partial charge in [0.2, 0.25) is 0 Å². The maximum absolute atomic E-state index is 14.2. The smallest absolute Gasteiger partial charge is 0.301 e. The fourth-order valence-electron chi connectivity index (χ4n) is 4.96. The standard InChI is InChI=1S/C24H28F4N2/c25-17-24(27,28)19-7-6-18(22(26)14-19)15-29-16-20-8-9-23(20)10-12-30(13-11-23)21-4-2-1-3-5-21/h1-7,14,20,29H,8-13,15-17H2. The second-order valence-electron chi connectivity index (χ2n) is 8.70. The first-order valence-corrected chi connectivity index (χ1v) is 10.7. The van der Waals surface area contributed by atoms with Gasteiger partial charge >= 0.3 is 5.92 Å². The second-order valence-corrected chi connectivity index (χ2v) is 8.70. The van der Waals surface area contributed by atoms with Crippen LogP contribution in [-0.4, -0.2) is 26.3 Å². The van der Waals surface area contributed by atoms with Gasteiger partial charge in [-0.05, 0) is 61.8 Å². The first kappa shape index (κ1) is 21.2. The number of para-hydroxylation sites is 1. The van der Waals surface area contributed by atoms with Gasteiger partial charge in [-0.15, -0.1) is 0 Å². The molecule has 1 aliphatic carbocycles. The van der Waals surface area contributed by atoms with Crippen molar-refractivity contribution in [3.63, 3.8) is 0 Å². The van der Waals surface area contributed by atoms with E-state index in [-0.39, 0.29) is 6.54 Å². The van der Waals surface area contributed by atoms with Crippen molar-refractivity contribution in [2.24, 2.45) is 11.3 Å². The number of nitrogens with zero attached hydrogens (tertiary/aromatic N) is 1. The lowest BCUT2D eigenvalue weighted by Gasteiger charge is -2.54. The molecule has 1 saturated carbocycles. The van der Waals surface area contributed by atoms with Gasteiger partial charge in [0.05, 0.1) is 0 Å². The van der Waals surface area contributed by atoms with Gasteiger partial charge in [-0.3, -0.25) is 0 Å². The molecule has 1 N–H and O–H groups in total. The largest absolute Gasteiger partial charge is 0.371 e. The van der Waals surface area contributed by atoms with Crippen molar-refractivity contribution in [1.29, 1.82) is 0 Å². The minimum Gasteiger partial charge on any atom is -0.371 e. The van der Waals surface area contributed by atoms with E-state index in [2.05, 4.69) is 34.5 Å². The Bertz CT molecular complexity index is 848. The van der Waals surface area contributed by atoms with Crippen LogP contribution < -0.4 is 10.2 Å². The molecule has 6 heteroatoms. The van der Waals surface area contributed by atoms with Crippen molar-refractivity contribution in [3.8, 4) is 0 Å². The molecule has 1 saturated heterocycles. The first-order chi connectivity index (χ1) is 14.4. The van der Waals surface area contributed by atoms with Crippen LogP contribution in [0.15, 0.2) is 48.5 Å². The molecule has 0 radical (unpaired) electrons. The molecule has 1 atom stereocenters. The zero-order chi connectivity index (χ0) is 21.2. The number of hydrogen-bond donors (Lipinski definition) is 1. The van der Waals surface area contributed by atoms with E-state index in [1.54, 1.807) is 0 Å². The van der Waals surface area contributed by atoms with E-state index in [0.29, 0.717) is 16.9 Å². The van der Waals surface area contributed by atoms with E-state index < -0.39 is 24.0 Å². The molecule has 0 aromatic heterocycles. The van der Waals surface area contributed by atoms with E-state index >= 15 is 0 Å². The van der Waals surface area contributed by atoms with E-state index in [4.69, 9.17) is 0 Å². The van der Waals surface area contributed by atoms with Gasteiger partial charge in [0, 0.05) is 36.4 Å². The number of alkyl halides is 3. The van der Waals surface area contributed by atoms with Gasteiger partial charge < -0.3 is 10.2 Å².